The van der Waals surface area contributed by atoms with Gasteiger partial charge in [0.1, 0.15) is 0 Å². The summed E-state index contributed by atoms with van der Waals surface area (Å²) in [6.07, 6.45) is 4.51. The van der Waals surface area contributed by atoms with E-state index in [0.717, 1.165) is 23.9 Å². The molecule has 0 N–H and O–H groups in total. The summed E-state index contributed by atoms with van der Waals surface area (Å²) < 4.78 is 1.51. The van der Waals surface area contributed by atoms with E-state index in [1.54, 1.807) is 0 Å². The molecule has 2 aromatic rings. The van der Waals surface area contributed by atoms with Crippen LogP contribution in [-0.2, 0) is 4.84 Å². The molecule has 1 heterocycles. The number of hydrogen-bond acceptors (Lipinski definition) is 3. The summed E-state index contributed by atoms with van der Waals surface area (Å²) in [4.78, 5) is 5.79. The molecule has 2 nitrogen and oxygen atoms in total. The fourth-order valence-corrected chi connectivity index (χ4v) is 5.84. The second-order valence-corrected chi connectivity index (χ2v) is 9.30. The zero-order valence-corrected chi connectivity index (χ0v) is 16.7. The van der Waals surface area contributed by atoms with Gasteiger partial charge in [-0.25, -0.2) is 0 Å². The summed E-state index contributed by atoms with van der Waals surface area (Å²) in [7, 11) is 0. The van der Waals surface area contributed by atoms with Crippen molar-refractivity contribution in [2.24, 2.45) is 5.16 Å². The molecule has 0 saturated heterocycles. The molecule has 3 rings (SSSR count). The van der Waals surface area contributed by atoms with Crippen molar-refractivity contribution < 1.29 is 4.84 Å². The molecule has 0 aromatic heterocycles. The topological polar surface area (TPSA) is 21.6 Å². The van der Waals surface area contributed by atoms with Gasteiger partial charge in [0, 0.05) is 0 Å². The molecule has 24 heavy (non-hydrogen) atoms. The van der Waals surface area contributed by atoms with Gasteiger partial charge in [0.05, 0.1) is 0 Å². The van der Waals surface area contributed by atoms with Crippen molar-refractivity contribution in [1.82, 2.24) is 0 Å². The Hall–Kier alpha value is -1.22. The minimum atomic E-state index is 0.259. The molecule has 0 bridgehead atoms. The first-order chi connectivity index (χ1) is 11.8. The molecule has 0 amide bonds. The van der Waals surface area contributed by atoms with Gasteiger partial charge < -0.3 is 0 Å². The van der Waals surface area contributed by atoms with Crippen molar-refractivity contribution >= 4 is 36.9 Å². The number of rotatable bonds is 6. The predicted molar refractivity (Wildman–Crippen MR) is 106 cm³/mol. The summed E-state index contributed by atoms with van der Waals surface area (Å²) in [6.45, 7) is 2.28. The number of benzene rings is 2. The summed E-state index contributed by atoms with van der Waals surface area (Å²) in [5.41, 5.74) is 3.74. The van der Waals surface area contributed by atoms with E-state index in [1.165, 1.54) is 15.6 Å². The van der Waals surface area contributed by atoms with Crippen LogP contribution < -0.4 is 4.46 Å². The van der Waals surface area contributed by atoms with Crippen molar-refractivity contribution in [3.05, 3.63) is 65.7 Å². The van der Waals surface area contributed by atoms with Crippen molar-refractivity contribution in [3.8, 4) is 0 Å². The van der Waals surface area contributed by atoms with Crippen LogP contribution in [0.15, 0.2) is 59.8 Å². The second-order valence-electron chi connectivity index (χ2n) is 5.90. The molecule has 1 aliphatic heterocycles. The van der Waals surface area contributed by atoms with Crippen LogP contribution in [0, 0.1) is 0 Å². The molecule has 0 saturated carbocycles. The monoisotopic (exact) mass is 405 g/mol. The van der Waals surface area contributed by atoms with Crippen molar-refractivity contribution in [2.75, 3.05) is 6.26 Å². The zero-order chi connectivity index (χ0) is 16.8. The number of oxime groups is 1. The molecule has 0 radical (unpaired) electrons. The molecule has 2 aromatic carbocycles. The molecule has 0 fully saturated rings. The van der Waals surface area contributed by atoms with Gasteiger partial charge in [0.15, 0.2) is 0 Å². The van der Waals surface area contributed by atoms with E-state index in [-0.39, 0.29) is 6.10 Å². The first-order valence-electron chi connectivity index (χ1n) is 8.30. The van der Waals surface area contributed by atoms with Gasteiger partial charge in [0.25, 0.3) is 0 Å². The Balaban J connectivity index is 1.59. The van der Waals surface area contributed by atoms with Gasteiger partial charge in [-0.15, -0.1) is 0 Å². The van der Waals surface area contributed by atoms with Gasteiger partial charge in [-0.05, 0) is 0 Å². The Morgan fingerprint density at radius 2 is 1.92 bits per heavy atom. The van der Waals surface area contributed by atoms with Crippen molar-refractivity contribution in [1.29, 1.82) is 0 Å². The van der Waals surface area contributed by atoms with Crippen LogP contribution in [0.1, 0.15) is 36.1 Å². The van der Waals surface area contributed by atoms with E-state index in [4.69, 9.17) is 4.84 Å². The van der Waals surface area contributed by atoms with Gasteiger partial charge in [-0.3, -0.25) is 0 Å². The van der Waals surface area contributed by atoms with E-state index >= 15 is 0 Å². The fraction of sp³-hybridized carbons (Fsp3) is 0.350. The normalized spacial score (nSPS) is 18.6. The quantitative estimate of drug-likeness (QED) is 0.664. The molecule has 2 atom stereocenters. The summed E-state index contributed by atoms with van der Waals surface area (Å²) in [5.74, 6) is 0. The van der Waals surface area contributed by atoms with E-state index in [1.807, 2.05) is 17.8 Å². The Labute approximate surface area is 155 Å². The molecular weight excluding hydrogens is 381 g/mol. The maximum atomic E-state index is 5.79. The molecule has 0 aliphatic carbocycles. The van der Waals surface area contributed by atoms with Gasteiger partial charge in [-0.1, -0.05) is 0 Å². The summed E-state index contributed by atoms with van der Waals surface area (Å²) in [5, 5.41) is 6.04. The molecule has 1 unspecified atom stereocenters. The van der Waals surface area contributed by atoms with Crippen molar-refractivity contribution in [3.63, 3.8) is 0 Å². The van der Waals surface area contributed by atoms with Crippen LogP contribution in [0.5, 0.6) is 0 Å². The van der Waals surface area contributed by atoms with Crippen LogP contribution >= 0.6 is 11.8 Å². The minimum absolute atomic E-state index is 0.259. The van der Waals surface area contributed by atoms with Crippen LogP contribution in [0.2, 0.25) is 5.32 Å². The van der Waals surface area contributed by atoms with E-state index in [2.05, 4.69) is 66.9 Å². The Bertz CT molecular complexity index is 689. The number of thioether (sulfide) groups is 1. The Kier molecular flexibility index (Phi) is 6.42. The average Bonchev–Trinajstić information content (AvgIpc) is 2.67. The van der Waals surface area contributed by atoms with Crippen LogP contribution in [0.4, 0.5) is 0 Å². The summed E-state index contributed by atoms with van der Waals surface area (Å²) in [6, 6.07) is 19.2. The third kappa shape index (κ3) is 4.44. The molecule has 0 spiro atoms. The molecule has 4 heteroatoms. The van der Waals surface area contributed by atoms with E-state index in [0.29, 0.717) is 20.2 Å². The fourth-order valence-electron chi connectivity index (χ4n) is 2.73. The predicted octanol–water partition coefficient (Wildman–Crippen LogP) is 4.44. The number of hydrogen-bond donors (Lipinski definition) is 0. The van der Waals surface area contributed by atoms with Gasteiger partial charge >= 0.3 is 155 Å². The Morgan fingerprint density at radius 3 is 2.62 bits per heavy atom. The SMILES string of the molecule is CS[C@@H](C)c1ccccc1[Se]CC1CCC(c2ccccc2)=NO1. The van der Waals surface area contributed by atoms with Crippen LogP contribution in [-0.4, -0.2) is 33.0 Å². The van der Waals surface area contributed by atoms with E-state index in [9.17, 15) is 0 Å². The second kappa shape index (κ2) is 8.75. The molecule has 126 valence electrons. The third-order valence-electron chi connectivity index (χ3n) is 4.26. The van der Waals surface area contributed by atoms with Crippen LogP contribution in [0.3, 0.4) is 0 Å². The first-order valence-corrected chi connectivity index (χ1v) is 11.7. The third-order valence-corrected chi connectivity index (χ3v) is 7.78. The number of nitrogens with zero attached hydrogens (tertiary/aromatic N) is 1. The standard InChI is InChI=1S/C20H23NOSSe/c1-15(23-2)18-10-6-7-11-20(18)24-14-17-12-13-19(21-22-17)16-8-4-3-5-9-16/h3-11,15,17H,12-14H2,1-2H3/t15-,17?/m0/s1. The van der Waals surface area contributed by atoms with Gasteiger partial charge in [-0.2, -0.15) is 0 Å². The van der Waals surface area contributed by atoms with E-state index < -0.39 is 0 Å². The molecule has 1 aliphatic rings. The Morgan fingerprint density at radius 1 is 1.17 bits per heavy atom. The summed E-state index contributed by atoms with van der Waals surface area (Å²) >= 11 is 2.34. The van der Waals surface area contributed by atoms with Crippen LogP contribution in [0.25, 0.3) is 0 Å². The zero-order valence-electron chi connectivity index (χ0n) is 14.1. The first kappa shape index (κ1) is 17.6. The average molecular weight is 404 g/mol. The van der Waals surface area contributed by atoms with Crippen molar-refractivity contribution in [2.45, 2.75) is 36.4 Å². The maximum absolute atomic E-state index is 5.79. The van der Waals surface area contributed by atoms with Gasteiger partial charge in [0.2, 0.25) is 0 Å². The molecular formula is C20H23NOSSe.